The average Bonchev–Trinajstić information content (AvgIpc) is 3.12. The Balaban J connectivity index is 1.65. The molecule has 7 nitrogen and oxygen atoms in total. The number of rotatable bonds is 4. The number of hydrogen-bond donors (Lipinski definition) is 2. The Bertz CT molecular complexity index is 991. The van der Waals surface area contributed by atoms with Crippen LogP contribution in [0.4, 0.5) is 4.79 Å². The molecule has 2 aromatic carbocycles. The third kappa shape index (κ3) is 3.51. The standard InChI is InChI=1S/C23H24N2O5/c1-2-30-21(27)23(12-16-6-3-4-7-17(16)13-23)24-20(26)18-9-5-8-15-10-11-25(22(28)29)14-19(15)18/h3-9H,2,10-14H2,1H3,(H,24,26)(H,28,29). The lowest BCUT2D eigenvalue weighted by atomic mass is 9.92. The minimum Gasteiger partial charge on any atom is -0.465 e. The van der Waals surface area contributed by atoms with Gasteiger partial charge in [0.1, 0.15) is 5.54 Å². The Kier molecular flexibility index (Phi) is 5.20. The van der Waals surface area contributed by atoms with Crippen molar-refractivity contribution in [2.24, 2.45) is 0 Å². The van der Waals surface area contributed by atoms with Gasteiger partial charge in [0, 0.05) is 24.9 Å². The quantitative estimate of drug-likeness (QED) is 0.758. The Labute approximate surface area is 174 Å². The molecule has 7 heteroatoms. The van der Waals surface area contributed by atoms with Crippen molar-refractivity contribution in [1.82, 2.24) is 10.2 Å². The molecule has 1 aliphatic heterocycles. The fourth-order valence-corrected chi connectivity index (χ4v) is 4.41. The summed E-state index contributed by atoms with van der Waals surface area (Å²) in [5, 5.41) is 12.3. The van der Waals surface area contributed by atoms with Crippen molar-refractivity contribution < 1.29 is 24.2 Å². The zero-order chi connectivity index (χ0) is 21.3. The van der Waals surface area contributed by atoms with E-state index in [0.29, 0.717) is 36.9 Å². The van der Waals surface area contributed by atoms with Crippen LogP contribution >= 0.6 is 0 Å². The van der Waals surface area contributed by atoms with Crippen molar-refractivity contribution in [3.8, 4) is 0 Å². The van der Waals surface area contributed by atoms with E-state index in [1.807, 2.05) is 30.3 Å². The third-order valence-corrected chi connectivity index (χ3v) is 5.91. The van der Waals surface area contributed by atoms with Crippen LogP contribution in [0, 0.1) is 0 Å². The summed E-state index contributed by atoms with van der Waals surface area (Å²) in [5.41, 5.74) is 2.91. The number of hydrogen-bond acceptors (Lipinski definition) is 4. The fourth-order valence-electron chi connectivity index (χ4n) is 4.41. The first-order valence-corrected chi connectivity index (χ1v) is 10.1. The fraction of sp³-hybridized carbons (Fsp3) is 0.348. The first-order chi connectivity index (χ1) is 14.4. The SMILES string of the molecule is CCOC(=O)C1(NC(=O)c2cccc3c2CN(C(=O)O)CC3)Cc2ccccc2C1. The highest BCUT2D eigenvalue weighted by Gasteiger charge is 2.46. The second-order valence-electron chi connectivity index (χ2n) is 7.78. The topological polar surface area (TPSA) is 95.9 Å². The van der Waals surface area contributed by atoms with E-state index in [0.717, 1.165) is 16.7 Å². The number of nitrogens with zero attached hydrogens (tertiary/aromatic N) is 1. The van der Waals surface area contributed by atoms with Crippen LogP contribution in [0.3, 0.4) is 0 Å². The highest BCUT2D eigenvalue weighted by molar-refractivity contribution is 6.00. The summed E-state index contributed by atoms with van der Waals surface area (Å²) in [4.78, 5) is 39.0. The zero-order valence-electron chi connectivity index (χ0n) is 16.8. The van der Waals surface area contributed by atoms with Gasteiger partial charge in [0.25, 0.3) is 5.91 Å². The maximum absolute atomic E-state index is 13.3. The molecule has 4 rings (SSSR count). The van der Waals surface area contributed by atoms with E-state index in [2.05, 4.69) is 5.32 Å². The molecule has 0 aromatic heterocycles. The number of carbonyl (C=O) groups is 3. The van der Waals surface area contributed by atoms with E-state index < -0.39 is 17.6 Å². The molecule has 0 unspecified atom stereocenters. The summed E-state index contributed by atoms with van der Waals surface area (Å²) >= 11 is 0. The summed E-state index contributed by atoms with van der Waals surface area (Å²) in [6.45, 7) is 2.51. The van der Waals surface area contributed by atoms with Crippen molar-refractivity contribution in [1.29, 1.82) is 0 Å². The van der Waals surface area contributed by atoms with Crippen molar-refractivity contribution in [3.63, 3.8) is 0 Å². The van der Waals surface area contributed by atoms with Gasteiger partial charge in [0.15, 0.2) is 0 Å². The summed E-state index contributed by atoms with van der Waals surface area (Å²) in [5.74, 6) is -0.841. The molecule has 2 amide bonds. The van der Waals surface area contributed by atoms with Gasteiger partial charge < -0.3 is 20.1 Å². The van der Waals surface area contributed by atoms with Crippen LogP contribution in [0.2, 0.25) is 0 Å². The van der Waals surface area contributed by atoms with Gasteiger partial charge >= 0.3 is 12.1 Å². The van der Waals surface area contributed by atoms with Crippen LogP contribution in [0.5, 0.6) is 0 Å². The normalized spacial score (nSPS) is 16.4. The number of amides is 2. The lowest BCUT2D eigenvalue weighted by Gasteiger charge is -2.30. The minimum atomic E-state index is -1.17. The van der Waals surface area contributed by atoms with Gasteiger partial charge in [-0.2, -0.15) is 0 Å². The first kappa shape index (κ1) is 19.9. The molecule has 0 atom stereocenters. The van der Waals surface area contributed by atoms with E-state index in [4.69, 9.17) is 4.74 Å². The molecule has 156 valence electrons. The molecule has 0 bridgehead atoms. The molecule has 0 radical (unpaired) electrons. The third-order valence-electron chi connectivity index (χ3n) is 5.91. The maximum atomic E-state index is 13.3. The largest absolute Gasteiger partial charge is 0.465 e. The van der Waals surface area contributed by atoms with E-state index in [-0.39, 0.29) is 19.1 Å². The van der Waals surface area contributed by atoms with Gasteiger partial charge in [-0.15, -0.1) is 0 Å². The molecule has 2 aliphatic rings. The van der Waals surface area contributed by atoms with E-state index in [9.17, 15) is 19.5 Å². The Hall–Kier alpha value is -3.35. The lowest BCUT2D eigenvalue weighted by molar-refractivity contribution is -0.150. The van der Waals surface area contributed by atoms with Gasteiger partial charge in [-0.25, -0.2) is 9.59 Å². The predicted molar refractivity (Wildman–Crippen MR) is 109 cm³/mol. The molecular formula is C23H24N2O5. The Morgan fingerprint density at radius 1 is 1.07 bits per heavy atom. The molecular weight excluding hydrogens is 384 g/mol. The van der Waals surface area contributed by atoms with E-state index in [1.54, 1.807) is 19.1 Å². The average molecular weight is 408 g/mol. The zero-order valence-corrected chi connectivity index (χ0v) is 16.8. The van der Waals surface area contributed by atoms with Crippen molar-refractivity contribution in [3.05, 3.63) is 70.3 Å². The second-order valence-corrected chi connectivity index (χ2v) is 7.78. The summed E-state index contributed by atoms with van der Waals surface area (Å²) in [6.07, 6.45) is 0.274. The van der Waals surface area contributed by atoms with Crippen molar-refractivity contribution in [2.75, 3.05) is 13.2 Å². The number of carbonyl (C=O) groups excluding carboxylic acids is 2. The molecule has 1 aliphatic carbocycles. The molecule has 0 spiro atoms. The Morgan fingerprint density at radius 3 is 2.37 bits per heavy atom. The second kappa shape index (κ2) is 7.82. The van der Waals surface area contributed by atoms with Gasteiger partial charge in [-0.3, -0.25) is 4.79 Å². The van der Waals surface area contributed by atoms with Gasteiger partial charge in [-0.05, 0) is 41.7 Å². The van der Waals surface area contributed by atoms with Gasteiger partial charge in [0.05, 0.1) is 13.2 Å². The first-order valence-electron chi connectivity index (χ1n) is 10.1. The van der Waals surface area contributed by atoms with Gasteiger partial charge in [-0.1, -0.05) is 36.4 Å². The molecule has 0 fully saturated rings. The summed E-state index contributed by atoms with van der Waals surface area (Å²) < 4.78 is 5.32. The number of esters is 1. The molecule has 1 heterocycles. The van der Waals surface area contributed by atoms with Gasteiger partial charge in [0.2, 0.25) is 0 Å². The predicted octanol–water partition coefficient (Wildman–Crippen LogP) is 2.55. The Morgan fingerprint density at radius 2 is 1.73 bits per heavy atom. The number of carboxylic acid groups (broad SMARTS) is 1. The van der Waals surface area contributed by atoms with E-state index in [1.165, 1.54) is 4.90 Å². The van der Waals surface area contributed by atoms with Crippen LogP contribution in [0.15, 0.2) is 42.5 Å². The summed E-state index contributed by atoms with van der Waals surface area (Å²) in [7, 11) is 0. The molecule has 30 heavy (non-hydrogen) atoms. The highest BCUT2D eigenvalue weighted by Crippen LogP contribution is 2.32. The van der Waals surface area contributed by atoms with Crippen LogP contribution in [0.25, 0.3) is 0 Å². The molecule has 0 saturated heterocycles. The molecule has 2 N–H and O–H groups in total. The maximum Gasteiger partial charge on any atom is 0.407 e. The highest BCUT2D eigenvalue weighted by atomic mass is 16.5. The van der Waals surface area contributed by atoms with E-state index >= 15 is 0 Å². The number of ether oxygens (including phenoxy) is 1. The lowest BCUT2D eigenvalue weighted by Crippen LogP contribution is -2.56. The summed E-state index contributed by atoms with van der Waals surface area (Å²) in [6, 6.07) is 13.1. The van der Waals surface area contributed by atoms with Crippen molar-refractivity contribution in [2.45, 2.75) is 38.3 Å². The van der Waals surface area contributed by atoms with Crippen LogP contribution in [0.1, 0.15) is 39.5 Å². The minimum absolute atomic E-state index is 0.154. The molecule has 2 aromatic rings. The number of benzene rings is 2. The smallest absolute Gasteiger partial charge is 0.407 e. The van der Waals surface area contributed by atoms with Crippen LogP contribution in [-0.4, -0.2) is 46.7 Å². The van der Waals surface area contributed by atoms with Crippen LogP contribution < -0.4 is 5.32 Å². The molecule has 0 saturated carbocycles. The van der Waals surface area contributed by atoms with Crippen molar-refractivity contribution >= 4 is 18.0 Å². The van der Waals surface area contributed by atoms with Crippen LogP contribution in [-0.2, 0) is 35.3 Å². The number of nitrogens with one attached hydrogen (secondary N) is 1. The monoisotopic (exact) mass is 408 g/mol. The number of fused-ring (bicyclic) bond motifs is 2.